The molecule has 0 aliphatic heterocycles. The number of H-pyrrole nitrogens is 1. The predicted octanol–water partition coefficient (Wildman–Crippen LogP) is 5.25. The number of imidazole rings is 1. The maximum absolute atomic E-state index is 13.1. The molecular weight excluding hydrogens is 391 g/mol. The number of rotatable bonds is 5. The van der Waals surface area contributed by atoms with Gasteiger partial charge in [-0.05, 0) is 55.4 Å². The van der Waals surface area contributed by atoms with Gasteiger partial charge in [0.1, 0.15) is 5.82 Å². The number of nitrogens with zero attached hydrogens (tertiary/aromatic N) is 1. The lowest BCUT2D eigenvalue weighted by Gasteiger charge is -2.27. The smallest absolute Gasteiger partial charge is 0.352 e. The summed E-state index contributed by atoms with van der Waals surface area (Å²) >= 11 is 0. The van der Waals surface area contributed by atoms with Gasteiger partial charge in [0, 0.05) is 18.9 Å². The van der Waals surface area contributed by atoms with Crippen LogP contribution in [0.4, 0.5) is 13.2 Å². The molecule has 4 nitrogen and oxygen atoms in total. The summed E-state index contributed by atoms with van der Waals surface area (Å²) in [6.07, 6.45) is -0.254. The van der Waals surface area contributed by atoms with E-state index in [1.54, 1.807) is 6.07 Å². The van der Waals surface area contributed by atoms with Crippen LogP contribution in [-0.2, 0) is 23.9 Å². The van der Waals surface area contributed by atoms with Crippen LogP contribution in [-0.4, -0.2) is 15.9 Å². The summed E-state index contributed by atoms with van der Waals surface area (Å²) in [7, 11) is 0. The van der Waals surface area contributed by atoms with Gasteiger partial charge in [0.05, 0.1) is 16.6 Å². The Morgan fingerprint density at radius 1 is 1.03 bits per heavy atom. The molecule has 158 valence electrons. The Hall–Kier alpha value is -2.83. The number of nitrogens with one attached hydrogen (secondary N) is 2. The highest BCUT2D eigenvalue weighted by molar-refractivity contribution is 5.78. The van der Waals surface area contributed by atoms with Gasteiger partial charge in [0.25, 0.3) is 0 Å². The van der Waals surface area contributed by atoms with Crippen molar-refractivity contribution in [3.63, 3.8) is 0 Å². The highest BCUT2D eigenvalue weighted by atomic mass is 19.4. The molecule has 1 heterocycles. The molecule has 1 amide bonds. The van der Waals surface area contributed by atoms with Gasteiger partial charge >= 0.3 is 6.18 Å². The highest BCUT2D eigenvalue weighted by Gasteiger charge is 2.33. The van der Waals surface area contributed by atoms with Crippen LogP contribution in [0.3, 0.4) is 0 Å². The molecule has 0 saturated heterocycles. The van der Waals surface area contributed by atoms with E-state index in [1.165, 1.54) is 12.1 Å². The molecule has 7 heteroatoms. The third-order valence-corrected chi connectivity index (χ3v) is 5.91. The Morgan fingerprint density at radius 2 is 1.73 bits per heavy atom. The lowest BCUT2D eigenvalue weighted by molar-refractivity contribution is -0.138. The lowest BCUT2D eigenvalue weighted by Crippen LogP contribution is -2.33. The molecule has 2 aromatic carbocycles. The second-order valence-corrected chi connectivity index (χ2v) is 8.00. The fraction of sp³-hybridized carbons (Fsp3) is 0.391. The van der Waals surface area contributed by atoms with Crippen molar-refractivity contribution in [2.75, 3.05) is 0 Å². The first kappa shape index (κ1) is 20.4. The summed E-state index contributed by atoms with van der Waals surface area (Å²) in [5, 5.41) is 2.71. The zero-order valence-electron chi connectivity index (χ0n) is 16.5. The van der Waals surface area contributed by atoms with Crippen LogP contribution in [0.15, 0.2) is 48.5 Å². The fourth-order valence-corrected chi connectivity index (χ4v) is 4.28. The van der Waals surface area contributed by atoms with E-state index in [0.29, 0.717) is 5.92 Å². The van der Waals surface area contributed by atoms with Crippen LogP contribution in [0, 0.1) is 11.8 Å². The lowest BCUT2D eigenvalue weighted by atomic mass is 9.80. The van der Waals surface area contributed by atoms with Crippen LogP contribution < -0.4 is 5.32 Å². The van der Waals surface area contributed by atoms with E-state index in [0.717, 1.165) is 55.0 Å². The number of alkyl halides is 3. The number of carbonyl (C=O) groups is 1. The SMILES string of the molecule is O=C(NCc1ccccc1C(F)(F)F)[C@H]1CC[C@@H](Cc2nc3ccccc3[nH]2)CC1. The molecule has 30 heavy (non-hydrogen) atoms. The monoisotopic (exact) mass is 415 g/mol. The minimum atomic E-state index is -4.42. The van der Waals surface area contributed by atoms with Gasteiger partial charge in [-0.25, -0.2) is 4.98 Å². The number of aromatic nitrogens is 2. The van der Waals surface area contributed by atoms with Crippen molar-refractivity contribution in [1.82, 2.24) is 15.3 Å². The summed E-state index contributed by atoms with van der Waals surface area (Å²) in [6, 6.07) is 13.3. The second-order valence-electron chi connectivity index (χ2n) is 8.00. The van der Waals surface area contributed by atoms with E-state index in [2.05, 4.69) is 15.3 Å². The maximum atomic E-state index is 13.1. The Kier molecular flexibility index (Phi) is 5.79. The van der Waals surface area contributed by atoms with E-state index < -0.39 is 11.7 Å². The summed E-state index contributed by atoms with van der Waals surface area (Å²) in [6.45, 7) is -0.104. The van der Waals surface area contributed by atoms with Crippen molar-refractivity contribution < 1.29 is 18.0 Å². The van der Waals surface area contributed by atoms with Gasteiger partial charge in [-0.2, -0.15) is 13.2 Å². The zero-order chi connectivity index (χ0) is 21.1. The van der Waals surface area contributed by atoms with E-state index in [4.69, 9.17) is 0 Å². The van der Waals surface area contributed by atoms with Gasteiger partial charge < -0.3 is 10.3 Å². The summed E-state index contributed by atoms with van der Waals surface area (Å²) < 4.78 is 39.3. The number of hydrogen-bond acceptors (Lipinski definition) is 2. The average molecular weight is 415 g/mol. The second kappa shape index (κ2) is 8.50. The van der Waals surface area contributed by atoms with Crippen molar-refractivity contribution in [1.29, 1.82) is 0 Å². The van der Waals surface area contributed by atoms with Crippen LogP contribution in [0.25, 0.3) is 11.0 Å². The fourth-order valence-electron chi connectivity index (χ4n) is 4.28. The van der Waals surface area contributed by atoms with Crippen LogP contribution >= 0.6 is 0 Å². The normalized spacial score (nSPS) is 19.7. The van der Waals surface area contributed by atoms with E-state index in [-0.39, 0.29) is 23.9 Å². The average Bonchev–Trinajstić information content (AvgIpc) is 3.14. The van der Waals surface area contributed by atoms with E-state index in [9.17, 15) is 18.0 Å². The molecule has 1 aromatic heterocycles. The third-order valence-electron chi connectivity index (χ3n) is 5.91. The first-order valence-corrected chi connectivity index (χ1v) is 10.3. The summed E-state index contributed by atoms with van der Waals surface area (Å²) in [5.41, 5.74) is 1.39. The molecule has 0 bridgehead atoms. The number of para-hydroxylation sites is 2. The molecule has 1 fully saturated rings. The summed E-state index contributed by atoms with van der Waals surface area (Å²) in [5.74, 6) is 1.12. The van der Waals surface area contributed by atoms with Gasteiger partial charge in [0.15, 0.2) is 0 Å². The number of benzene rings is 2. The molecule has 0 spiro atoms. The standard InChI is InChI=1S/C23H24F3N3O/c24-23(25,26)18-6-2-1-5-17(18)14-27-22(30)16-11-9-15(10-12-16)13-21-28-19-7-3-4-8-20(19)29-21/h1-8,15-16H,9-14H2,(H,27,30)(H,28,29)/t15-,16+. The van der Waals surface area contributed by atoms with Crippen LogP contribution in [0.1, 0.15) is 42.6 Å². The molecule has 2 N–H and O–H groups in total. The third kappa shape index (κ3) is 4.66. The van der Waals surface area contributed by atoms with Crippen LogP contribution in [0.5, 0.6) is 0 Å². The number of halogens is 3. The van der Waals surface area contributed by atoms with Gasteiger partial charge in [0.2, 0.25) is 5.91 Å². The Labute approximate surface area is 172 Å². The molecule has 1 saturated carbocycles. The van der Waals surface area contributed by atoms with E-state index >= 15 is 0 Å². The van der Waals surface area contributed by atoms with Gasteiger partial charge in [-0.1, -0.05) is 30.3 Å². The first-order chi connectivity index (χ1) is 14.4. The molecule has 1 aliphatic rings. The number of hydrogen-bond donors (Lipinski definition) is 2. The molecule has 0 radical (unpaired) electrons. The molecule has 0 unspecified atom stereocenters. The molecule has 3 aromatic rings. The van der Waals surface area contributed by atoms with Gasteiger partial charge in [-0.15, -0.1) is 0 Å². The number of fused-ring (bicyclic) bond motifs is 1. The van der Waals surface area contributed by atoms with Crippen molar-refractivity contribution in [3.8, 4) is 0 Å². The Morgan fingerprint density at radius 3 is 2.47 bits per heavy atom. The van der Waals surface area contributed by atoms with Crippen LogP contribution in [0.2, 0.25) is 0 Å². The van der Waals surface area contributed by atoms with Crippen molar-refractivity contribution in [3.05, 3.63) is 65.5 Å². The predicted molar refractivity (Wildman–Crippen MR) is 109 cm³/mol. The van der Waals surface area contributed by atoms with Crippen molar-refractivity contribution in [2.45, 2.75) is 44.8 Å². The molecule has 4 rings (SSSR count). The Balaban J connectivity index is 1.28. The largest absolute Gasteiger partial charge is 0.416 e. The first-order valence-electron chi connectivity index (χ1n) is 10.3. The molecular formula is C23H24F3N3O. The zero-order valence-corrected chi connectivity index (χ0v) is 16.5. The number of carbonyl (C=O) groups excluding carboxylic acids is 1. The number of amides is 1. The number of aromatic amines is 1. The topological polar surface area (TPSA) is 57.8 Å². The van der Waals surface area contributed by atoms with Crippen molar-refractivity contribution >= 4 is 16.9 Å². The molecule has 0 atom stereocenters. The molecule has 1 aliphatic carbocycles. The van der Waals surface area contributed by atoms with E-state index in [1.807, 2.05) is 24.3 Å². The maximum Gasteiger partial charge on any atom is 0.416 e. The van der Waals surface area contributed by atoms with Gasteiger partial charge in [-0.3, -0.25) is 4.79 Å². The minimum absolute atomic E-state index is 0.0944. The highest BCUT2D eigenvalue weighted by Crippen LogP contribution is 2.33. The quantitative estimate of drug-likeness (QED) is 0.598. The minimum Gasteiger partial charge on any atom is -0.352 e. The summed E-state index contributed by atoms with van der Waals surface area (Å²) in [4.78, 5) is 20.5. The van der Waals surface area contributed by atoms with Crippen molar-refractivity contribution in [2.24, 2.45) is 11.8 Å². The Bertz CT molecular complexity index is 987.